The highest BCUT2D eigenvalue weighted by atomic mass is 32.2. The number of halogens is 6. The summed E-state index contributed by atoms with van der Waals surface area (Å²) in [6.45, 7) is 5.08. The number of nitrogens with zero attached hydrogens (tertiary/aromatic N) is 2. The number of hydrogen-bond donors (Lipinski definition) is 1. The Kier molecular flexibility index (Phi) is 7.47. The van der Waals surface area contributed by atoms with Crippen molar-refractivity contribution in [2.45, 2.75) is 45.2 Å². The smallest absolute Gasteiger partial charge is 0.416 e. The van der Waals surface area contributed by atoms with Crippen molar-refractivity contribution in [1.29, 1.82) is 0 Å². The predicted octanol–water partition coefficient (Wildman–Crippen LogP) is 6.10. The number of ether oxygens (including phenoxy) is 1. The molecule has 196 valence electrons. The van der Waals surface area contributed by atoms with Gasteiger partial charge >= 0.3 is 12.4 Å². The third-order valence-corrected chi connectivity index (χ3v) is 6.63. The molecule has 6 nitrogen and oxygen atoms in total. The number of aromatic nitrogens is 2. The zero-order valence-corrected chi connectivity index (χ0v) is 20.2. The summed E-state index contributed by atoms with van der Waals surface area (Å²) in [7, 11) is -4.66. The molecule has 0 saturated heterocycles. The summed E-state index contributed by atoms with van der Waals surface area (Å²) in [5.74, 6) is -1.75. The molecular formula is C23H23F6N3O3S. The van der Waals surface area contributed by atoms with Gasteiger partial charge in [-0.15, -0.1) is 5.10 Å². The van der Waals surface area contributed by atoms with Gasteiger partial charge in [-0.3, -0.25) is 4.68 Å². The number of nitrogens with one attached hydrogen (secondary N) is 1. The van der Waals surface area contributed by atoms with Crippen LogP contribution in [0.4, 0.5) is 26.3 Å². The molecule has 0 unspecified atom stereocenters. The zero-order chi connectivity index (χ0) is 26.9. The van der Waals surface area contributed by atoms with Crippen LogP contribution in [-0.2, 0) is 28.3 Å². The molecule has 1 aromatic heterocycles. The topological polar surface area (TPSA) is 73.2 Å². The lowest BCUT2D eigenvalue weighted by Gasteiger charge is -2.27. The largest absolute Gasteiger partial charge is 0.438 e. The minimum Gasteiger partial charge on any atom is -0.438 e. The first kappa shape index (κ1) is 27.5. The molecule has 2 aromatic carbocycles. The summed E-state index contributed by atoms with van der Waals surface area (Å²) >= 11 is 0. The van der Waals surface area contributed by atoms with E-state index in [2.05, 4.69) is 9.82 Å². The van der Waals surface area contributed by atoms with Gasteiger partial charge < -0.3 is 4.74 Å². The van der Waals surface area contributed by atoms with Crippen LogP contribution in [0, 0.1) is 0 Å². The molecule has 0 aliphatic heterocycles. The molecular weight excluding hydrogens is 512 g/mol. The maximum absolute atomic E-state index is 12.8. The molecule has 0 amide bonds. The minimum atomic E-state index is -4.89. The Hall–Kier alpha value is -3.06. The fraction of sp³-hybridized carbons (Fsp3) is 0.348. The molecule has 1 N–H and O–H groups in total. The van der Waals surface area contributed by atoms with E-state index in [1.165, 1.54) is 26.0 Å². The molecule has 0 bridgehead atoms. The van der Waals surface area contributed by atoms with Gasteiger partial charge in [0.05, 0.1) is 16.8 Å². The second-order valence-electron chi connectivity index (χ2n) is 8.49. The SMILES string of the molecule is CCn1nc(Oc2ccc(C(F)(F)F)cc2)cc1-c1cccc(C(C)(C)NS(=O)(=O)CC(F)(F)F)c1. The summed E-state index contributed by atoms with van der Waals surface area (Å²) in [5, 5.41) is 4.30. The van der Waals surface area contributed by atoms with Crippen molar-refractivity contribution in [2.24, 2.45) is 0 Å². The molecule has 3 rings (SSSR count). The van der Waals surface area contributed by atoms with Gasteiger partial charge in [-0.05, 0) is 56.7 Å². The van der Waals surface area contributed by atoms with Crippen LogP contribution in [0.5, 0.6) is 11.6 Å². The Morgan fingerprint density at radius 2 is 1.58 bits per heavy atom. The first-order valence-corrected chi connectivity index (χ1v) is 12.3. The summed E-state index contributed by atoms with van der Waals surface area (Å²) in [5.41, 5.74) is -0.654. The highest BCUT2D eigenvalue weighted by Crippen LogP contribution is 2.33. The summed E-state index contributed by atoms with van der Waals surface area (Å²) < 4.78 is 110. The van der Waals surface area contributed by atoms with Gasteiger partial charge in [0.1, 0.15) is 5.75 Å². The Bertz CT molecular complexity index is 1310. The third-order valence-electron chi connectivity index (χ3n) is 5.11. The first-order valence-electron chi connectivity index (χ1n) is 10.6. The Morgan fingerprint density at radius 3 is 2.14 bits per heavy atom. The molecule has 0 spiro atoms. The molecule has 0 atom stereocenters. The number of rotatable bonds is 8. The van der Waals surface area contributed by atoms with E-state index in [1.54, 1.807) is 41.9 Å². The molecule has 0 aliphatic carbocycles. The van der Waals surface area contributed by atoms with E-state index in [-0.39, 0.29) is 11.6 Å². The zero-order valence-electron chi connectivity index (χ0n) is 19.4. The third kappa shape index (κ3) is 7.00. The maximum atomic E-state index is 12.8. The average molecular weight is 536 g/mol. The highest BCUT2D eigenvalue weighted by Gasteiger charge is 2.38. The van der Waals surface area contributed by atoms with Crippen molar-refractivity contribution >= 4 is 10.0 Å². The Labute approximate surface area is 203 Å². The quantitative estimate of drug-likeness (QED) is 0.354. The van der Waals surface area contributed by atoms with Gasteiger partial charge in [0, 0.05) is 18.2 Å². The second kappa shape index (κ2) is 9.77. The lowest BCUT2D eigenvalue weighted by atomic mass is 9.93. The fourth-order valence-corrected chi connectivity index (χ4v) is 4.91. The van der Waals surface area contributed by atoms with Crippen LogP contribution in [0.1, 0.15) is 31.9 Å². The van der Waals surface area contributed by atoms with Crippen LogP contribution >= 0.6 is 0 Å². The lowest BCUT2D eigenvalue weighted by molar-refractivity contribution is -0.137. The molecule has 0 aliphatic rings. The monoisotopic (exact) mass is 535 g/mol. The van der Waals surface area contributed by atoms with E-state index in [0.717, 1.165) is 12.1 Å². The van der Waals surface area contributed by atoms with Crippen molar-refractivity contribution in [3.63, 3.8) is 0 Å². The minimum absolute atomic E-state index is 0.113. The van der Waals surface area contributed by atoms with E-state index in [0.29, 0.717) is 23.4 Å². The van der Waals surface area contributed by atoms with Crippen LogP contribution in [0.3, 0.4) is 0 Å². The Morgan fingerprint density at radius 1 is 0.944 bits per heavy atom. The van der Waals surface area contributed by atoms with Crippen LogP contribution in [0.15, 0.2) is 54.6 Å². The van der Waals surface area contributed by atoms with Crippen molar-refractivity contribution in [2.75, 3.05) is 5.75 Å². The Balaban J connectivity index is 1.87. The molecule has 0 fully saturated rings. The molecule has 0 saturated carbocycles. The summed E-state index contributed by atoms with van der Waals surface area (Å²) in [6, 6.07) is 12.2. The van der Waals surface area contributed by atoms with Gasteiger partial charge in [0.15, 0.2) is 5.75 Å². The highest BCUT2D eigenvalue weighted by molar-refractivity contribution is 7.89. The lowest BCUT2D eigenvalue weighted by Crippen LogP contribution is -2.44. The van der Waals surface area contributed by atoms with Gasteiger partial charge in [0.25, 0.3) is 0 Å². The van der Waals surface area contributed by atoms with Crippen molar-refractivity contribution in [3.05, 3.63) is 65.7 Å². The van der Waals surface area contributed by atoms with Crippen LogP contribution in [0.2, 0.25) is 0 Å². The number of hydrogen-bond acceptors (Lipinski definition) is 4. The van der Waals surface area contributed by atoms with E-state index >= 15 is 0 Å². The van der Waals surface area contributed by atoms with Crippen LogP contribution in [0.25, 0.3) is 11.3 Å². The molecule has 1 heterocycles. The normalized spacial score (nSPS) is 13.1. The molecule has 36 heavy (non-hydrogen) atoms. The molecule has 13 heteroatoms. The van der Waals surface area contributed by atoms with Gasteiger partial charge in [-0.2, -0.15) is 26.3 Å². The fourth-order valence-electron chi connectivity index (χ4n) is 3.52. The molecule has 0 radical (unpaired) electrons. The maximum Gasteiger partial charge on any atom is 0.416 e. The van der Waals surface area contributed by atoms with Gasteiger partial charge in [-0.25, -0.2) is 13.1 Å². The molecule has 3 aromatic rings. The van der Waals surface area contributed by atoms with Crippen LogP contribution in [-0.4, -0.2) is 30.1 Å². The predicted molar refractivity (Wildman–Crippen MR) is 121 cm³/mol. The van der Waals surface area contributed by atoms with Gasteiger partial charge in [0.2, 0.25) is 15.9 Å². The van der Waals surface area contributed by atoms with Crippen molar-refractivity contribution in [3.8, 4) is 22.9 Å². The number of alkyl halides is 6. The summed E-state index contributed by atoms with van der Waals surface area (Å²) in [4.78, 5) is 0. The first-order chi connectivity index (χ1) is 16.5. The van der Waals surface area contributed by atoms with E-state index in [4.69, 9.17) is 4.74 Å². The number of sulfonamides is 1. The average Bonchev–Trinajstić information content (AvgIpc) is 3.14. The van der Waals surface area contributed by atoms with Gasteiger partial charge in [-0.1, -0.05) is 18.2 Å². The number of aryl methyl sites for hydroxylation is 1. The summed E-state index contributed by atoms with van der Waals surface area (Å²) in [6.07, 6.45) is -9.37. The van der Waals surface area contributed by atoms with E-state index in [9.17, 15) is 34.8 Å². The van der Waals surface area contributed by atoms with E-state index < -0.39 is 39.2 Å². The van der Waals surface area contributed by atoms with Crippen molar-refractivity contribution in [1.82, 2.24) is 14.5 Å². The standard InChI is InChI=1S/C23H23F6N3O3S/c1-4-32-19(13-20(30-32)35-18-10-8-16(9-11-18)23(27,28)29)15-6-5-7-17(12-15)21(2,3)31-36(33,34)14-22(24,25)26/h5-13,31H,4,14H2,1-3H3. The van der Waals surface area contributed by atoms with E-state index in [1.807, 2.05) is 0 Å². The second-order valence-corrected chi connectivity index (χ2v) is 10.2. The number of benzene rings is 2. The van der Waals surface area contributed by atoms with Crippen LogP contribution < -0.4 is 9.46 Å². The van der Waals surface area contributed by atoms with Crippen molar-refractivity contribution < 1.29 is 39.5 Å².